The van der Waals surface area contributed by atoms with Crippen LogP contribution in [0.5, 0.6) is 11.5 Å². The summed E-state index contributed by atoms with van der Waals surface area (Å²) >= 11 is 0. The van der Waals surface area contributed by atoms with E-state index >= 15 is 0 Å². The van der Waals surface area contributed by atoms with E-state index in [-0.39, 0.29) is 5.41 Å². The van der Waals surface area contributed by atoms with Crippen molar-refractivity contribution in [2.24, 2.45) is 0 Å². The highest BCUT2D eigenvalue weighted by atomic mass is 16.5. The fraction of sp³-hybridized carbons (Fsp3) is 0.0857. The Morgan fingerprint density at radius 2 is 1.19 bits per heavy atom. The molecule has 0 saturated heterocycles. The average Bonchev–Trinajstić information content (AvgIpc) is 3.13. The van der Waals surface area contributed by atoms with Crippen molar-refractivity contribution < 1.29 is 4.74 Å². The first-order valence-electron chi connectivity index (χ1n) is 12.6. The molecule has 0 saturated carbocycles. The third-order valence-corrected chi connectivity index (χ3v) is 8.24. The molecule has 0 bridgehead atoms. The van der Waals surface area contributed by atoms with Crippen molar-refractivity contribution in [3.63, 3.8) is 0 Å². The van der Waals surface area contributed by atoms with Crippen LogP contribution in [0.2, 0.25) is 0 Å². The first kappa shape index (κ1) is 19.9. The maximum absolute atomic E-state index is 6.33. The lowest BCUT2D eigenvalue weighted by Gasteiger charge is -2.25. The highest BCUT2D eigenvalue weighted by Crippen LogP contribution is 2.53. The summed E-state index contributed by atoms with van der Waals surface area (Å²) in [5, 5.41) is 5.01. The Balaban J connectivity index is 1.39. The van der Waals surface area contributed by atoms with E-state index in [0.717, 1.165) is 17.1 Å². The third kappa shape index (κ3) is 2.55. The standard InChI is InChI=1S/C35H24O/c1-35(2)29-20-24(15-17-26(29)28-18-22-8-3-4-9-23(22)19-30(28)35)25-16-14-21-10-7-13-32-33(21)34(25)27-11-5-6-12-31(27)36-32/h3-20H,1-2H3. The third-order valence-electron chi connectivity index (χ3n) is 8.24. The van der Waals surface area contributed by atoms with Gasteiger partial charge in [0.2, 0.25) is 0 Å². The molecule has 36 heavy (non-hydrogen) atoms. The second-order valence-corrected chi connectivity index (χ2v) is 10.6. The fourth-order valence-electron chi connectivity index (χ4n) is 6.42. The molecule has 8 rings (SSSR count). The quantitative estimate of drug-likeness (QED) is 0.237. The summed E-state index contributed by atoms with van der Waals surface area (Å²) < 4.78 is 6.33. The number of ether oxygens (including phenoxy) is 1. The van der Waals surface area contributed by atoms with Crippen LogP contribution in [0, 0.1) is 0 Å². The lowest BCUT2D eigenvalue weighted by molar-refractivity contribution is 0.487. The highest BCUT2D eigenvalue weighted by Gasteiger charge is 2.36. The van der Waals surface area contributed by atoms with Crippen LogP contribution in [0.1, 0.15) is 25.0 Å². The van der Waals surface area contributed by atoms with E-state index in [1.165, 1.54) is 60.5 Å². The van der Waals surface area contributed by atoms with Gasteiger partial charge in [-0.2, -0.15) is 0 Å². The number of benzene rings is 6. The molecule has 170 valence electrons. The molecule has 1 aliphatic carbocycles. The van der Waals surface area contributed by atoms with Crippen LogP contribution < -0.4 is 4.74 Å². The van der Waals surface area contributed by atoms with E-state index < -0.39 is 0 Å². The second kappa shape index (κ2) is 6.86. The summed E-state index contributed by atoms with van der Waals surface area (Å²) in [6, 6.07) is 39.8. The zero-order valence-electron chi connectivity index (χ0n) is 20.3. The molecule has 0 atom stereocenters. The van der Waals surface area contributed by atoms with Gasteiger partial charge in [-0.05, 0) is 79.9 Å². The molecule has 2 aliphatic rings. The molecule has 0 amide bonds. The lowest BCUT2D eigenvalue weighted by Crippen LogP contribution is -2.15. The molecule has 0 spiro atoms. The summed E-state index contributed by atoms with van der Waals surface area (Å²) in [6.45, 7) is 4.73. The SMILES string of the molecule is CC1(C)c2cc(-c3ccc4cccc5c4c3-c3ccccc3O5)ccc2-c2cc3ccccc3cc21. The molecule has 6 aromatic carbocycles. The Kier molecular flexibility index (Phi) is 3.79. The minimum absolute atomic E-state index is 0.0645. The number of hydrogen-bond acceptors (Lipinski definition) is 1. The van der Waals surface area contributed by atoms with Gasteiger partial charge in [-0.15, -0.1) is 0 Å². The zero-order valence-corrected chi connectivity index (χ0v) is 20.3. The van der Waals surface area contributed by atoms with E-state index in [2.05, 4.69) is 117 Å². The average molecular weight is 461 g/mol. The molecular formula is C35H24O. The largest absolute Gasteiger partial charge is 0.456 e. The van der Waals surface area contributed by atoms with Gasteiger partial charge >= 0.3 is 0 Å². The van der Waals surface area contributed by atoms with Gasteiger partial charge < -0.3 is 4.74 Å². The molecule has 0 N–H and O–H groups in total. The molecule has 0 fully saturated rings. The van der Waals surface area contributed by atoms with Crippen molar-refractivity contribution in [3.05, 3.63) is 120 Å². The van der Waals surface area contributed by atoms with E-state index in [4.69, 9.17) is 4.74 Å². The van der Waals surface area contributed by atoms with Gasteiger partial charge in [0.15, 0.2) is 0 Å². The van der Waals surface area contributed by atoms with Crippen LogP contribution in [0.15, 0.2) is 109 Å². The maximum atomic E-state index is 6.33. The Labute approximate surface area is 210 Å². The van der Waals surface area contributed by atoms with E-state index in [0.29, 0.717) is 0 Å². The van der Waals surface area contributed by atoms with Gasteiger partial charge in [0.1, 0.15) is 11.5 Å². The number of rotatable bonds is 1. The van der Waals surface area contributed by atoms with Crippen molar-refractivity contribution in [2.75, 3.05) is 0 Å². The Bertz CT molecular complexity index is 1890. The van der Waals surface area contributed by atoms with Crippen LogP contribution in [-0.2, 0) is 5.41 Å². The second-order valence-electron chi connectivity index (χ2n) is 10.6. The fourth-order valence-corrected chi connectivity index (χ4v) is 6.42. The molecular weight excluding hydrogens is 436 g/mol. The minimum Gasteiger partial charge on any atom is -0.456 e. The van der Waals surface area contributed by atoms with Crippen LogP contribution in [0.4, 0.5) is 0 Å². The van der Waals surface area contributed by atoms with Crippen LogP contribution in [0.3, 0.4) is 0 Å². The number of hydrogen-bond donors (Lipinski definition) is 0. The smallest absolute Gasteiger partial charge is 0.135 e. The lowest BCUT2D eigenvalue weighted by atomic mass is 9.80. The van der Waals surface area contributed by atoms with Gasteiger partial charge in [0.05, 0.1) is 0 Å². The molecule has 1 heterocycles. The molecule has 0 aromatic heterocycles. The first-order chi connectivity index (χ1) is 17.6. The number of fused-ring (bicyclic) bond motifs is 6. The van der Waals surface area contributed by atoms with Gasteiger partial charge in [-0.1, -0.05) is 92.7 Å². The molecule has 1 nitrogen and oxygen atoms in total. The van der Waals surface area contributed by atoms with Crippen molar-refractivity contribution in [1.29, 1.82) is 0 Å². The first-order valence-corrected chi connectivity index (χ1v) is 12.6. The molecule has 0 unspecified atom stereocenters. The van der Waals surface area contributed by atoms with Crippen LogP contribution in [-0.4, -0.2) is 0 Å². The van der Waals surface area contributed by atoms with Crippen LogP contribution >= 0.6 is 0 Å². The van der Waals surface area contributed by atoms with E-state index in [1.54, 1.807) is 0 Å². The molecule has 1 heteroatoms. The minimum atomic E-state index is -0.0645. The van der Waals surface area contributed by atoms with Crippen molar-refractivity contribution in [1.82, 2.24) is 0 Å². The summed E-state index contributed by atoms with van der Waals surface area (Å²) in [5.41, 5.74) is 10.4. The Hall–Kier alpha value is -4.36. The van der Waals surface area contributed by atoms with Crippen molar-refractivity contribution in [2.45, 2.75) is 19.3 Å². The molecule has 0 radical (unpaired) electrons. The normalized spacial score (nSPS) is 14.3. The molecule has 6 aromatic rings. The van der Waals surface area contributed by atoms with Gasteiger partial charge in [-0.3, -0.25) is 0 Å². The zero-order chi connectivity index (χ0) is 24.0. The summed E-state index contributed by atoms with van der Waals surface area (Å²) in [5.74, 6) is 1.86. The summed E-state index contributed by atoms with van der Waals surface area (Å²) in [6.07, 6.45) is 0. The Morgan fingerprint density at radius 3 is 2.08 bits per heavy atom. The Morgan fingerprint density at radius 1 is 0.500 bits per heavy atom. The van der Waals surface area contributed by atoms with Crippen molar-refractivity contribution >= 4 is 21.5 Å². The number of para-hydroxylation sites is 1. The topological polar surface area (TPSA) is 9.23 Å². The maximum Gasteiger partial charge on any atom is 0.135 e. The highest BCUT2D eigenvalue weighted by molar-refractivity contribution is 6.10. The van der Waals surface area contributed by atoms with Crippen molar-refractivity contribution in [3.8, 4) is 44.9 Å². The van der Waals surface area contributed by atoms with Crippen LogP contribution in [0.25, 0.3) is 54.9 Å². The van der Waals surface area contributed by atoms with Gasteiger partial charge in [-0.25, -0.2) is 0 Å². The molecule has 1 aliphatic heterocycles. The predicted octanol–water partition coefficient (Wildman–Crippen LogP) is 9.74. The van der Waals surface area contributed by atoms with E-state index in [9.17, 15) is 0 Å². The van der Waals surface area contributed by atoms with Gasteiger partial charge in [0, 0.05) is 21.9 Å². The monoisotopic (exact) mass is 460 g/mol. The summed E-state index contributed by atoms with van der Waals surface area (Å²) in [7, 11) is 0. The summed E-state index contributed by atoms with van der Waals surface area (Å²) in [4.78, 5) is 0. The van der Waals surface area contributed by atoms with E-state index in [1.807, 2.05) is 6.07 Å². The predicted molar refractivity (Wildman–Crippen MR) is 150 cm³/mol. The van der Waals surface area contributed by atoms with Gasteiger partial charge in [0.25, 0.3) is 0 Å².